The monoisotopic (exact) mass is 682 g/mol. The maximum absolute atomic E-state index is 4.21. The predicted molar refractivity (Wildman–Crippen MR) is 168 cm³/mol. The van der Waals surface area contributed by atoms with Crippen molar-refractivity contribution in [3.8, 4) is 0 Å². The third-order valence-electron chi connectivity index (χ3n) is 3.82. The van der Waals surface area contributed by atoms with Gasteiger partial charge in [-0.05, 0) is 0 Å². The normalized spacial score (nSPS) is 9.17. The largest absolute Gasteiger partial charge is 5.00 e. The van der Waals surface area contributed by atoms with Gasteiger partial charge in [0.25, 0.3) is 0 Å². The van der Waals surface area contributed by atoms with Crippen LogP contribution in [-0.2, 0) is 22.4 Å². The SMILES string of the molecule is CCC[N-]CCC.CCC[N-]CCC.CCC[N-]CCC.CCC[N-]CCC.CCC[N-]CCC.[Ta+5]. The summed E-state index contributed by atoms with van der Waals surface area (Å²) >= 11 is 0. The van der Waals surface area contributed by atoms with E-state index in [4.69, 9.17) is 0 Å². The average molecular weight is 682 g/mol. The van der Waals surface area contributed by atoms with E-state index in [0.717, 1.165) is 65.4 Å². The quantitative estimate of drug-likeness (QED) is 0.115. The molecule has 0 saturated carbocycles. The molecule has 0 N–H and O–H groups in total. The third kappa shape index (κ3) is 92.1. The smallest absolute Gasteiger partial charge is 0.662 e. The maximum atomic E-state index is 4.21. The van der Waals surface area contributed by atoms with E-state index in [1.807, 2.05) is 0 Å². The molecule has 0 amide bonds. The zero-order valence-corrected chi connectivity index (χ0v) is 30.0. The van der Waals surface area contributed by atoms with Crippen molar-refractivity contribution in [2.45, 2.75) is 133 Å². The van der Waals surface area contributed by atoms with E-state index in [1.54, 1.807) is 0 Å². The molecule has 0 spiro atoms. The first kappa shape index (κ1) is 49.5. The van der Waals surface area contributed by atoms with Crippen molar-refractivity contribution in [2.24, 2.45) is 0 Å². The van der Waals surface area contributed by atoms with Gasteiger partial charge in [0.05, 0.1) is 0 Å². The van der Waals surface area contributed by atoms with E-state index in [0.29, 0.717) is 0 Å². The summed E-state index contributed by atoms with van der Waals surface area (Å²) in [4.78, 5) is 0. The summed E-state index contributed by atoms with van der Waals surface area (Å²) in [6.07, 6.45) is 11.9. The van der Waals surface area contributed by atoms with Gasteiger partial charge in [-0.3, -0.25) is 0 Å². The van der Waals surface area contributed by atoms with E-state index >= 15 is 0 Å². The second-order valence-electron chi connectivity index (χ2n) is 8.35. The first-order valence-electron chi connectivity index (χ1n) is 15.2. The summed E-state index contributed by atoms with van der Waals surface area (Å²) < 4.78 is 0. The molecule has 220 valence electrons. The summed E-state index contributed by atoms with van der Waals surface area (Å²) in [6.45, 7) is 32.0. The molecule has 0 aliphatic rings. The number of nitrogens with zero attached hydrogens (tertiary/aromatic N) is 5. The predicted octanol–water partition coefficient (Wildman–Crippen LogP) is 10.9. The fraction of sp³-hybridized carbons (Fsp3) is 1.00. The summed E-state index contributed by atoms with van der Waals surface area (Å²) in [5, 5.41) is 21.0. The minimum atomic E-state index is 0. The van der Waals surface area contributed by atoms with Gasteiger partial charge in [-0.2, -0.15) is 0 Å². The molecule has 0 heterocycles. The molecule has 0 fully saturated rings. The Morgan fingerprint density at radius 2 is 0.306 bits per heavy atom. The Hall–Kier alpha value is 0.540. The van der Waals surface area contributed by atoms with Crippen LogP contribution in [0.15, 0.2) is 0 Å². The molecule has 0 aromatic heterocycles. The molecule has 0 rings (SSSR count). The van der Waals surface area contributed by atoms with Crippen LogP contribution < -0.4 is 0 Å². The number of hydrogen-bond acceptors (Lipinski definition) is 0. The van der Waals surface area contributed by atoms with Gasteiger partial charge in [0, 0.05) is 0 Å². The zero-order chi connectivity index (χ0) is 27.7. The summed E-state index contributed by atoms with van der Waals surface area (Å²) in [5.41, 5.74) is 0. The van der Waals surface area contributed by atoms with Crippen LogP contribution in [0.5, 0.6) is 0 Å². The van der Waals surface area contributed by atoms with Gasteiger partial charge in [0.15, 0.2) is 0 Å². The molecule has 0 atom stereocenters. The van der Waals surface area contributed by atoms with E-state index in [-0.39, 0.29) is 22.4 Å². The summed E-state index contributed by atoms with van der Waals surface area (Å²) in [6, 6.07) is 0. The molecule has 0 aromatic carbocycles. The van der Waals surface area contributed by atoms with Gasteiger partial charge in [0.1, 0.15) is 0 Å². The Bertz CT molecular complexity index is 181. The minimum absolute atomic E-state index is 0. The number of hydrogen-bond donors (Lipinski definition) is 0. The standard InChI is InChI=1S/5C6H14N.Ta/c5*1-3-5-7-6-4-2;/h5*3-6H2,1-2H3;/q5*-1;+5. The van der Waals surface area contributed by atoms with E-state index in [9.17, 15) is 0 Å². The second kappa shape index (κ2) is 65.0. The van der Waals surface area contributed by atoms with Gasteiger partial charge in [-0.25, -0.2) is 0 Å². The Balaban J connectivity index is -0.0000000776. The Morgan fingerprint density at radius 3 is 0.361 bits per heavy atom. The van der Waals surface area contributed by atoms with Gasteiger partial charge in [-0.15, -0.1) is 65.4 Å². The average Bonchev–Trinajstić information content (AvgIpc) is 2.87. The number of rotatable bonds is 20. The molecule has 0 aromatic rings. The molecule has 0 bridgehead atoms. The van der Waals surface area contributed by atoms with Gasteiger partial charge in [-0.1, -0.05) is 133 Å². The van der Waals surface area contributed by atoms with Crippen LogP contribution in [0.2, 0.25) is 0 Å². The van der Waals surface area contributed by atoms with Crippen LogP contribution in [0.3, 0.4) is 0 Å². The molecule has 36 heavy (non-hydrogen) atoms. The first-order chi connectivity index (χ1) is 17.1. The second-order valence-corrected chi connectivity index (χ2v) is 8.35. The minimum Gasteiger partial charge on any atom is -0.662 e. The fourth-order valence-corrected chi connectivity index (χ4v) is 2.14. The molecule has 0 saturated heterocycles. The molecular formula is C30H70N5Ta. The molecule has 0 aliphatic carbocycles. The van der Waals surface area contributed by atoms with Crippen molar-refractivity contribution < 1.29 is 22.4 Å². The van der Waals surface area contributed by atoms with Crippen molar-refractivity contribution in [1.29, 1.82) is 0 Å². The topological polar surface area (TPSA) is 70.5 Å². The van der Waals surface area contributed by atoms with Crippen molar-refractivity contribution in [3.05, 3.63) is 26.6 Å². The van der Waals surface area contributed by atoms with Crippen molar-refractivity contribution in [2.75, 3.05) is 65.4 Å². The van der Waals surface area contributed by atoms with Gasteiger partial charge >= 0.3 is 22.4 Å². The Kier molecular flexibility index (Phi) is 89.3. The van der Waals surface area contributed by atoms with Crippen LogP contribution in [0.1, 0.15) is 133 Å². The third-order valence-corrected chi connectivity index (χ3v) is 3.82. The van der Waals surface area contributed by atoms with E-state index < -0.39 is 0 Å². The van der Waals surface area contributed by atoms with Crippen LogP contribution in [0.4, 0.5) is 0 Å². The van der Waals surface area contributed by atoms with Crippen LogP contribution in [0, 0.1) is 0 Å². The first-order valence-corrected chi connectivity index (χ1v) is 15.2. The summed E-state index contributed by atoms with van der Waals surface area (Å²) in [7, 11) is 0. The van der Waals surface area contributed by atoms with E-state index in [1.165, 1.54) is 64.2 Å². The van der Waals surface area contributed by atoms with Crippen molar-refractivity contribution in [1.82, 2.24) is 0 Å². The molecule has 6 heteroatoms. The Labute approximate surface area is 247 Å². The fourth-order valence-electron chi connectivity index (χ4n) is 2.14. The van der Waals surface area contributed by atoms with Crippen LogP contribution in [0.25, 0.3) is 26.6 Å². The maximum Gasteiger partial charge on any atom is 5.00 e. The molecular weight excluding hydrogens is 611 g/mol. The molecule has 5 nitrogen and oxygen atoms in total. The molecule has 0 radical (unpaired) electrons. The molecule has 0 aliphatic heterocycles. The zero-order valence-electron chi connectivity index (χ0n) is 26.8. The van der Waals surface area contributed by atoms with Crippen molar-refractivity contribution >= 4 is 0 Å². The van der Waals surface area contributed by atoms with Gasteiger partial charge < -0.3 is 26.6 Å². The van der Waals surface area contributed by atoms with Crippen LogP contribution in [-0.4, -0.2) is 65.4 Å². The van der Waals surface area contributed by atoms with Crippen molar-refractivity contribution in [3.63, 3.8) is 0 Å². The summed E-state index contributed by atoms with van der Waals surface area (Å²) in [5.74, 6) is 0. The van der Waals surface area contributed by atoms with Gasteiger partial charge in [0.2, 0.25) is 0 Å². The Morgan fingerprint density at radius 1 is 0.222 bits per heavy atom. The van der Waals surface area contributed by atoms with E-state index in [2.05, 4.69) is 95.8 Å². The van der Waals surface area contributed by atoms with Crippen LogP contribution >= 0.6 is 0 Å². The molecule has 0 unspecified atom stereocenters.